The van der Waals surface area contributed by atoms with E-state index in [0.29, 0.717) is 49.2 Å². The number of nitrogens with zero attached hydrogens (tertiary/aromatic N) is 4. The number of hydrogen-bond donors (Lipinski definition) is 1. The van der Waals surface area contributed by atoms with Crippen LogP contribution in [0.25, 0.3) is 11.3 Å². The van der Waals surface area contributed by atoms with Crippen molar-refractivity contribution in [1.29, 1.82) is 0 Å². The topological polar surface area (TPSA) is 107 Å². The van der Waals surface area contributed by atoms with E-state index in [1.54, 1.807) is 4.90 Å². The number of rotatable bonds is 6. The van der Waals surface area contributed by atoms with E-state index in [-0.39, 0.29) is 27.9 Å². The Labute approximate surface area is 240 Å². The number of anilines is 1. The highest BCUT2D eigenvalue weighted by molar-refractivity contribution is 7.15. The molecule has 210 valence electrons. The van der Waals surface area contributed by atoms with Crippen molar-refractivity contribution >= 4 is 28.3 Å². The Hall–Kier alpha value is -4.22. The Balaban J connectivity index is 1.30. The number of alkyl halides is 1. The highest BCUT2D eigenvalue weighted by atomic mass is 32.1. The third-order valence-corrected chi connectivity index (χ3v) is 8.28. The molecule has 0 spiro atoms. The number of carbonyl (C=O) groups is 2. The number of carbonyl (C=O) groups excluding carboxylic acids is 2. The summed E-state index contributed by atoms with van der Waals surface area (Å²) in [5.74, 6) is 0.354. The van der Waals surface area contributed by atoms with Crippen LogP contribution in [0.1, 0.15) is 46.3 Å². The Morgan fingerprint density at radius 2 is 1.78 bits per heavy atom. The summed E-state index contributed by atoms with van der Waals surface area (Å²) in [4.78, 5) is 33.1. The molecule has 0 unspecified atom stereocenters. The normalized spacial score (nSPS) is 16.4. The molecule has 2 aliphatic heterocycles. The molecule has 9 nitrogen and oxygen atoms in total. The van der Waals surface area contributed by atoms with E-state index in [0.717, 1.165) is 28.0 Å². The van der Waals surface area contributed by atoms with Crippen LogP contribution >= 0.6 is 11.3 Å². The lowest BCUT2D eigenvalue weighted by molar-refractivity contribution is -0.124. The Bertz CT molecular complexity index is 1600. The molecule has 1 atom stereocenters. The molecule has 1 saturated heterocycles. The molecule has 1 fully saturated rings. The quantitative estimate of drug-likeness (QED) is 0.327. The molecule has 0 radical (unpaired) electrons. The highest BCUT2D eigenvalue weighted by Gasteiger charge is 2.44. The van der Waals surface area contributed by atoms with Gasteiger partial charge in [-0.3, -0.25) is 9.59 Å². The van der Waals surface area contributed by atoms with E-state index < -0.39 is 12.1 Å². The van der Waals surface area contributed by atoms with Crippen molar-refractivity contribution in [2.24, 2.45) is 5.41 Å². The minimum Gasteiger partial charge on any atom is -0.438 e. The fourth-order valence-electron chi connectivity index (χ4n) is 5.25. The maximum Gasteiger partial charge on any atom is 0.254 e. The fraction of sp³-hybridized carbons (Fsp3) is 0.300. The van der Waals surface area contributed by atoms with Crippen LogP contribution in [-0.4, -0.2) is 58.2 Å². The lowest BCUT2D eigenvalue weighted by atomic mass is 9.69. The molecule has 41 heavy (non-hydrogen) atoms. The van der Waals surface area contributed by atoms with Crippen molar-refractivity contribution in [2.75, 3.05) is 31.6 Å². The van der Waals surface area contributed by atoms with Crippen molar-refractivity contribution in [3.8, 4) is 22.9 Å². The van der Waals surface area contributed by atoms with Gasteiger partial charge < -0.3 is 19.7 Å². The number of morpholine rings is 1. The zero-order valence-electron chi connectivity index (χ0n) is 22.6. The van der Waals surface area contributed by atoms with Crippen LogP contribution in [0.4, 0.5) is 9.52 Å². The summed E-state index contributed by atoms with van der Waals surface area (Å²) in [5.41, 5.74) is 2.81. The first-order valence-corrected chi connectivity index (χ1v) is 14.1. The zero-order valence-corrected chi connectivity index (χ0v) is 23.4. The van der Waals surface area contributed by atoms with Crippen molar-refractivity contribution < 1.29 is 23.5 Å². The minimum atomic E-state index is -0.957. The molecule has 11 heteroatoms. The van der Waals surface area contributed by atoms with Gasteiger partial charge in [-0.1, -0.05) is 61.6 Å². The van der Waals surface area contributed by atoms with Gasteiger partial charge in [0, 0.05) is 41.3 Å². The molecule has 2 aromatic carbocycles. The van der Waals surface area contributed by atoms with Gasteiger partial charge in [-0.25, -0.2) is 9.37 Å². The van der Waals surface area contributed by atoms with Crippen LogP contribution in [0.5, 0.6) is 11.6 Å². The number of hydrogen-bond acceptors (Lipinski definition) is 8. The molecule has 2 aliphatic rings. The predicted molar refractivity (Wildman–Crippen MR) is 152 cm³/mol. The van der Waals surface area contributed by atoms with Gasteiger partial charge in [-0.15, -0.1) is 10.2 Å². The molecule has 0 bridgehead atoms. The molecule has 2 aromatic heterocycles. The van der Waals surface area contributed by atoms with E-state index in [1.807, 2.05) is 74.5 Å². The van der Waals surface area contributed by atoms with Crippen LogP contribution in [0.15, 0.2) is 60.7 Å². The summed E-state index contributed by atoms with van der Waals surface area (Å²) in [6.45, 7) is 5.24. The highest BCUT2D eigenvalue weighted by Crippen LogP contribution is 2.52. The third-order valence-electron chi connectivity index (χ3n) is 7.47. The third kappa shape index (κ3) is 5.18. The van der Waals surface area contributed by atoms with Gasteiger partial charge in [-0.05, 0) is 24.3 Å². The number of nitrogens with one attached hydrogen (secondary N) is 1. The van der Waals surface area contributed by atoms with Crippen LogP contribution < -0.4 is 10.1 Å². The number of aromatic nitrogens is 3. The number of halogens is 1. The number of benzene rings is 2. The lowest BCUT2D eigenvalue weighted by Crippen LogP contribution is -2.40. The van der Waals surface area contributed by atoms with Gasteiger partial charge in [0.25, 0.3) is 5.91 Å². The number of amides is 2. The van der Waals surface area contributed by atoms with Crippen LogP contribution in [0, 0.1) is 5.41 Å². The minimum absolute atomic E-state index is 0.0176. The SMILES string of the molecule is CC(C)(C(=O)Nc1nnc(CF)s1)[C@H]1c2ccccc2Oc2nc(-c3ccc(C(=O)N4CCOCC4)cc3)ccc21. The van der Waals surface area contributed by atoms with E-state index in [1.165, 1.54) is 0 Å². The largest absolute Gasteiger partial charge is 0.438 e. The molecule has 0 aliphatic carbocycles. The molecule has 6 rings (SSSR count). The first kappa shape index (κ1) is 27.0. The van der Waals surface area contributed by atoms with Gasteiger partial charge in [0.15, 0.2) is 0 Å². The van der Waals surface area contributed by atoms with E-state index in [4.69, 9.17) is 14.5 Å². The Kier molecular flexibility index (Phi) is 7.22. The number of ether oxygens (including phenoxy) is 2. The molecule has 4 aromatic rings. The summed E-state index contributed by atoms with van der Waals surface area (Å²) in [5, 5.41) is 10.9. The van der Waals surface area contributed by atoms with Crippen LogP contribution in [0.3, 0.4) is 0 Å². The zero-order chi connectivity index (χ0) is 28.6. The second-order valence-corrected chi connectivity index (χ2v) is 11.5. The molecule has 0 saturated carbocycles. The van der Waals surface area contributed by atoms with E-state index in [2.05, 4.69) is 15.5 Å². The average molecular weight is 574 g/mol. The summed E-state index contributed by atoms with van der Waals surface area (Å²) in [7, 11) is 0. The number of para-hydroxylation sites is 1. The van der Waals surface area contributed by atoms with Gasteiger partial charge in [0.1, 0.15) is 17.4 Å². The van der Waals surface area contributed by atoms with Crippen molar-refractivity contribution in [2.45, 2.75) is 26.4 Å². The lowest BCUT2D eigenvalue weighted by Gasteiger charge is -2.37. The monoisotopic (exact) mass is 573 g/mol. The van der Waals surface area contributed by atoms with Crippen molar-refractivity contribution in [1.82, 2.24) is 20.1 Å². The van der Waals surface area contributed by atoms with Gasteiger partial charge >= 0.3 is 0 Å². The Morgan fingerprint density at radius 3 is 2.51 bits per heavy atom. The van der Waals surface area contributed by atoms with Crippen LogP contribution in [0.2, 0.25) is 0 Å². The maximum atomic E-state index is 13.6. The summed E-state index contributed by atoms with van der Waals surface area (Å²) in [6.07, 6.45) is 0. The molecular formula is C30H28FN5O4S. The smallest absolute Gasteiger partial charge is 0.254 e. The van der Waals surface area contributed by atoms with E-state index >= 15 is 0 Å². The molecular weight excluding hydrogens is 545 g/mol. The second kappa shape index (κ2) is 11.0. The molecule has 2 amide bonds. The van der Waals surface area contributed by atoms with Gasteiger partial charge in [0.2, 0.25) is 16.9 Å². The molecule has 4 heterocycles. The summed E-state index contributed by atoms with van der Waals surface area (Å²) >= 11 is 1.01. The first-order chi connectivity index (χ1) is 19.8. The second-order valence-electron chi connectivity index (χ2n) is 10.5. The predicted octanol–water partition coefficient (Wildman–Crippen LogP) is 5.44. The average Bonchev–Trinajstić information content (AvgIpc) is 3.47. The fourth-order valence-corrected chi connectivity index (χ4v) is 5.84. The summed E-state index contributed by atoms with van der Waals surface area (Å²) in [6, 6.07) is 18.8. The number of fused-ring (bicyclic) bond motifs is 2. The maximum absolute atomic E-state index is 13.6. The van der Waals surface area contributed by atoms with E-state index in [9.17, 15) is 14.0 Å². The number of pyridine rings is 1. The standard InChI is InChI=1S/C30H28FN5O4S/c1-30(2,28(38)33-29-35-34-24(17-31)41-29)25-20-5-3-4-6-23(20)40-26-21(25)11-12-22(32-26)18-7-9-19(10-8-18)27(37)36-13-15-39-16-14-36/h3-12,25H,13-17H2,1-2H3,(H,33,35,38)/t25-/m0/s1. The Morgan fingerprint density at radius 1 is 1.02 bits per heavy atom. The van der Waals surface area contributed by atoms with Crippen molar-refractivity contribution in [3.63, 3.8) is 0 Å². The van der Waals surface area contributed by atoms with Gasteiger partial charge in [0.05, 0.1) is 24.3 Å². The van der Waals surface area contributed by atoms with Crippen molar-refractivity contribution in [3.05, 3.63) is 82.4 Å². The summed E-state index contributed by atoms with van der Waals surface area (Å²) < 4.78 is 24.6. The molecule has 1 N–H and O–H groups in total. The van der Waals surface area contributed by atoms with Crippen LogP contribution in [-0.2, 0) is 16.2 Å². The first-order valence-electron chi connectivity index (χ1n) is 13.3. The van der Waals surface area contributed by atoms with Gasteiger partial charge in [-0.2, -0.15) is 0 Å².